The van der Waals surface area contributed by atoms with Crippen molar-refractivity contribution in [2.75, 3.05) is 42.9 Å². The first-order chi connectivity index (χ1) is 13.0. The van der Waals surface area contributed by atoms with E-state index in [-0.39, 0.29) is 30.2 Å². The molecular formula is C18H20FN5O3. The topological polar surface area (TPSA) is 91.6 Å². The van der Waals surface area contributed by atoms with Gasteiger partial charge in [-0.25, -0.2) is 9.37 Å². The Morgan fingerprint density at radius 2 is 2.00 bits per heavy atom. The maximum Gasteiger partial charge on any atom is 0.272 e. The van der Waals surface area contributed by atoms with Crippen LogP contribution in [0, 0.1) is 15.9 Å². The van der Waals surface area contributed by atoms with Gasteiger partial charge in [0, 0.05) is 51.4 Å². The summed E-state index contributed by atoms with van der Waals surface area (Å²) in [7, 11) is 0. The minimum Gasteiger partial charge on any atom is -0.382 e. The van der Waals surface area contributed by atoms with Gasteiger partial charge in [-0.15, -0.1) is 0 Å². The van der Waals surface area contributed by atoms with Crippen LogP contribution in [0.3, 0.4) is 0 Å². The Balaban J connectivity index is 1.44. The number of pyridine rings is 1. The van der Waals surface area contributed by atoms with Crippen molar-refractivity contribution in [3.8, 4) is 0 Å². The van der Waals surface area contributed by atoms with Crippen LogP contribution in [-0.2, 0) is 4.79 Å². The summed E-state index contributed by atoms with van der Waals surface area (Å²) < 4.78 is 13.8. The highest BCUT2D eigenvalue weighted by atomic mass is 19.1. The number of nitrogens with zero attached hydrogens (tertiary/aromatic N) is 4. The van der Waals surface area contributed by atoms with Crippen molar-refractivity contribution in [2.24, 2.45) is 0 Å². The van der Waals surface area contributed by atoms with Gasteiger partial charge in [0.1, 0.15) is 5.82 Å². The second-order valence-electron chi connectivity index (χ2n) is 6.15. The van der Waals surface area contributed by atoms with Crippen molar-refractivity contribution < 1.29 is 14.1 Å². The zero-order valence-electron chi connectivity index (χ0n) is 14.7. The third kappa shape index (κ3) is 4.69. The van der Waals surface area contributed by atoms with Gasteiger partial charge in [-0.3, -0.25) is 14.9 Å². The minimum absolute atomic E-state index is 0.00880. The van der Waals surface area contributed by atoms with E-state index in [4.69, 9.17) is 0 Å². The normalized spacial score (nSPS) is 14.1. The van der Waals surface area contributed by atoms with Crippen molar-refractivity contribution in [3.63, 3.8) is 0 Å². The number of hydrogen-bond donors (Lipinski definition) is 1. The van der Waals surface area contributed by atoms with Crippen molar-refractivity contribution in [1.29, 1.82) is 0 Å². The van der Waals surface area contributed by atoms with Gasteiger partial charge < -0.3 is 15.1 Å². The molecule has 1 aliphatic rings. The van der Waals surface area contributed by atoms with E-state index in [1.54, 1.807) is 11.1 Å². The predicted molar refractivity (Wildman–Crippen MR) is 99.2 cm³/mol. The average molecular weight is 373 g/mol. The number of rotatable bonds is 6. The maximum atomic E-state index is 13.8. The Labute approximate surface area is 155 Å². The number of anilines is 2. The SMILES string of the molecule is O=C(CCNc1ccc([N+](=O)[O-])cc1F)N1CCN(c2ccccn2)CC1. The minimum atomic E-state index is -0.708. The van der Waals surface area contributed by atoms with E-state index in [9.17, 15) is 19.3 Å². The molecule has 2 aromatic rings. The van der Waals surface area contributed by atoms with Crippen molar-refractivity contribution >= 4 is 23.1 Å². The van der Waals surface area contributed by atoms with Crippen LogP contribution in [0.25, 0.3) is 0 Å². The fourth-order valence-electron chi connectivity index (χ4n) is 2.95. The molecule has 0 unspecified atom stereocenters. The number of benzene rings is 1. The first kappa shape index (κ1) is 18.6. The summed E-state index contributed by atoms with van der Waals surface area (Å²) in [6.45, 7) is 2.91. The summed E-state index contributed by atoms with van der Waals surface area (Å²) in [6, 6.07) is 9.14. The van der Waals surface area contributed by atoms with Crippen molar-refractivity contribution in [2.45, 2.75) is 6.42 Å². The van der Waals surface area contributed by atoms with E-state index in [2.05, 4.69) is 15.2 Å². The lowest BCUT2D eigenvalue weighted by atomic mass is 10.2. The number of nitro benzene ring substituents is 1. The molecule has 1 N–H and O–H groups in total. The smallest absolute Gasteiger partial charge is 0.272 e. The van der Waals surface area contributed by atoms with E-state index in [1.807, 2.05) is 18.2 Å². The van der Waals surface area contributed by atoms with E-state index in [0.29, 0.717) is 26.2 Å². The molecule has 0 saturated carbocycles. The molecule has 1 aromatic heterocycles. The molecule has 0 radical (unpaired) electrons. The second-order valence-corrected chi connectivity index (χ2v) is 6.15. The van der Waals surface area contributed by atoms with Gasteiger partial charge in [0.15, 0.2) is 5.82 Å². The lowest BCUT2D eigenvalue weighted by molar-refractivity contribution is -0.385. The molecule has 0 spiro atoms. The van der Waals surface area contributed by atoms with Crippen LogP contribution in [0.15, 0.2) is 42.6 Å². The van der Waals surface area contributed by atoms with Crippen molar-refractivity contribution in [1.82, 2.24) is 9.88 Å². The predicted octanol–water partition coefficient (Wildman–Crippen LogP) is 2.28. The molecule has 3 rings (SSSR count). The fourth-order valence-corrected chi connectivity index (χ4v) is 2.95. The third-order valence-electron chi connectivity index (χ3n) is 4.42. The molecule has 1 saturated heterocycles. The van der Waals surface area contributed by atoms with Crippen LogP contribution >= 0.6 is 0 Å². The molecule has 2 heterocycles. The van der Waals surface area contributed by atoms with Crippen LogP contribution < -0.4 is 10.2 Å². The number of halogens is 1. The Bertz CT molecular complexity index is 810. The average Bonchev–Trinajstić information content (AvgIpc) is 2.69. The summed E-state index contributed by atoms with van der Waals surface area (Å²) in [4.78, 5) is 30.5. The van der Waals surface area contributed by atoms with E-state index < -0.39 is 10.7 Å². The molecule has 1 amide bonds. The number of nitro groups is 1. The number of carbonyl (C=O) groups is 1. The Hall–Kier alpha value is -3.23. The molecule has 27 heavy (non-hydrogen) atoms. The number of amides is 1. The first-order valence-electron chi connectivity index (χ1n) is 8.66. The quantitative estimate of drug-likeness (QED) is 0.617. The fraction of sp³-hybridized carbons (Fsp3) is 0.333. The molecule has 0 bridgehead atoms. The van der Waals surface area contributed by atoms with Gasteiger partial charge >= 0.3 is 0 Å². The van der Waals surface area contributed by atoms with Crippen molar-refractivity contribution in [3.05, 3.63) is 58.5 Å². The number of aromatic nitrogens is 1. The molecular weight excluding hydrogens is 353 g/mol. The third-order valence-corrected chi connectivity index (χ3v) is 4.42. The van der Waals surface area contributed by atoms with E-state index in [0.717, 1.165) is 11.9 Å². The Kier molecular flexibility index (Phi) is 5.80. The highest BCUT2D eigenvalue weighted by molar-refractivity contribution is 5.77. The maximum absolute atomic E-state index is 13.8. The first-order valence-corrected chi connectivity index (χ1v) is 8.66. The number of hydrogen-bond acceptors (Lipinski definition) is 6. The number of non-ortho nitro benzene ring substituents is 1. The zero-order chi connectivity index (χ0) is 19.2. The highest BCUT2D eigenvalue weighted by Crippen LogP contribution is 2.20. The lowest BCUT2D eigenvalue weighted by Crippen LogP contribution is -2.49. The summed E-state index contributed by atoms with van der Waals surface area (Å²) in [5, 5.41) is 13.4. The number of piperazine rings is 1. The monoisotopic (exact) mass is 373 g/mol. The van der Waals surface area contributed by atoms with Gasteiger partial charge in [0.25, 0.3) is 5.69 Å². The molecule has 0 atom stereocenters. The molecule has 1 aromatic carbocycles. The zero-order valence-corrected chi connectivity index (χ0v) is 14.7. The largest absolute Gasteiger partial charge is 0.382 e. The number of nitrogens with one attached hydrogen (secondary N) is 1. The molecule has 1 aliphatic heterocycles. The lowest BCUT2D eigenvalue weighted by Gasteiger charge is -2.35. The van der Waals surface area contributed by atoms with Crippen LogP contribution in [-0.4, -0.2) is 53.4 Å². The van der Waals surface area contributed by atoms with Gasteiger partial charge in [0.2, 0.25) is 5.91 Å². The summed E-state index contributed by atoms with van der Waals surface area (Å²) in [5.41, 5.74) is -0.159. The molecule has 0 aliphatic carbocycles. The van der Waals surface area contributed by atoms with Crippen LogP contribution in [0.2, 0.25) is 0 Å². The Morgan fingerprint density at radius 3 is 2.63 bits per heavy atom. The van der Waals surface area contributed by atoms with Crippen LogP contribution in [0.5, 0.6) is 0 Å². The molecule has 1 fully saturated rings. The van der Waals surface area contributed by atoms with Gasteiger partial charge in [-0.2, -0.15) is 0 Å². The second kappa shape index (κ2) is 8.43. The standard InChI is InChI=1S/C18H20FN5O3/c19-15-13-14(24(26)27)4-5-16(15)20-8-6-18(25)23-11-9-22(10-12-23)17-3-1-2-7-21-17/h1-5,7,13,20H,6,8-12H2. The number of carbonyl (C=O) groups excluding carboxylic acids is 1. The van der Waals surface area contributed by atoms with Gasteiger partial charge in [-0.05, 0) is 18.2 Å². The summed E-state index contributed by atoms with van der Waals surface area (Å²) in [6.07, 6.45) is 1.97. The van der Waals surface area contributed by atoms with Gasteiger partial charge in [-0.1, -0.05) is 6.07 Å². The highest BCUT2D eigenvalue weighted by Gasteiger charge is 2.21. The van der Waals surface area contributed by atoms with Gasteiger partial charge in [0.05, 0.1) is 16.7 Å². The molecule has 8 nitrogen and oxygen atoms in total. The van der Waals surface area contributed by atoms with E-state index in [1.165, 1.54) is 12.1 Å². The Morgan fingerprint density at radius 1 is 1.22 bits per heavy atom. The summed E-state index contributed by atoms with van der Waals surface area (Å²) >= 11 is 0. The van der Waals surface area contributed by atoms with Crippen LogP contribution in [0.1, 0.15) is 6.42 Å². The summed E-state index contributed by atoms with van der Waals surface area (Å²) in [5.74, 6) is 0.186. The molecule has 9 heteroatoms. The molecule has 142 valence electrons. The van der Waals surface area contributed by atoms with E-state index >= 15 is 0 Å². The van der Waals surface area contributed by atoms with Crippen LogP contribution in [0.4, 0.5) is 21.6 Å².